The molecule has 0 radical (unpaired) electrons. The topological polar surface area (TPSA) is 403 Å². The van der Waals surface area contributed by atoms with Gasteiger partial charge in [0.25, 0.3) is 0 Å². The number of amides is 1. The maximum atomic E-state index is 11.4. The van der Waals surface area contributed by atoms with Gasteiger partial charge in [-0.3, -0.25) is 43.2 Å². The lowest BCUT2D eigenvalue weighted by atomic mass is 9.77. The Labute approximate surface area is 750 Å². The van der Waals surface area contributed by atoms with E-state index in [-0.39, 0.29) is 30.1 Å². The van der Waals surface area contributed by atoms with Crippen LogP contribution in [0, 0.1) is 56.0 Å². The molecular weight excluding hydrogens is 2010 g/mol. The van der Waals surface area contributed by atoms with Crippen LogP contribution in [0.2, 0.25) is 0 Å². The number of hydrogen-bond donors (Lipinski definition) is 3. The van der Waals surface area contributed by atoms with Crippen molar-refractivity contribution in [2.75, 3.05) is 19.4 Å². The highest BCUT2D eigenvalue weighted by atomic mass is 127. The number of pyridine rings is 8. The maximum Gasteiger partial charge on any atom is 0.492 e. The average Bonchev–Trinajstić information content (AvgIpc) is 1.64. The molecule has 1 amide bonds. The Morgan fingerprint density at radius 2 is 0.975 bits per heavy atom. The van der Waals surface area contributed by atoms with Crippen LogP contribution in [-0.4, -0.2) is 166 Å². The number of aryl methyl sites for hydroxylation is 6. The predicted octanol–water partition coefficient (Wildman–Crippen LogP) is 12.9. The van der Waals surface area contributed by atoms with Crippen LogP contribution in [0.3, 0.4) is 0 Å². The van der Waals surface area contributed by atoms with Gasteiger partial charge in [-0.1, -0.05) is 18.2 Å². The van der Waals surface area contributed by atoms with Gasteiger partial charge in [0.05, 0.1) is 60.0 Å². The first kappa shape index (κ1) is 88.4. The summed E-state index contributed by atoms with van der Waals surface area (Å²) in [5.41, 5.74) is 27.4. The van der Waals surface area contributed by atoms with Crippen molar-refractivity contribution in [1.29, 1.82) is 5.26 Å². The molecule has 16 aromatic heterocycles. The zero-order valence-electron chi connectivity index (χ0n) is 65.5. The summed E-state index contributed by atoms with van der Waals surface area (Å²) >= 11 is 6.53. The lowest BCUT2D eigenvalue weighted by Gasteiger charge is -2.10. The number of carbonyl (C=O) groups is 2. The molecule has 3 aliphatic rings. The fourth-order valence-electron chi connectivity index (χ4n) is 13.6. The van der Waals surface area contributed by atoms with Crippen molar-refractivity contribution in [3.8, 4) is 62.5 Å². The lowest BCUT2D eigenvalue weighted by molar-refractivity contribution is -0.113. The van der Waals surface area contributed by atoms with Gasteiger partial charge in [0.15, 0.2) is 46.9 Å². The van der Waals surface area contributed by atoms with Crippen molar-refractivity contribution in [3.63, 3.8) is 0 Å². The summed E-state index contributed by atoms with van der Waals surface area (Å²) in [6.45, 7) is 26.0. The molecule has 121 heavy (non-hydrogen) atoms. The number of hydrogen-bond acceptors (Lipinski definition) is 23. The Kier molecular flexibility index (Phi) is 29.9. The normalized spacial score (nSPS) is 12.7. The standard InChI is InChI=1S/C21H19N7O.C21H17N7.C12H14BN3O2.C9H5IN4.C7H4IN3O.C6H4IN3.C5H10NO2P.HI/c1-13-4-2-5-15(25-13)21-20(17-6-3-11-27(17)26-21)14-7-10-19-23-12-24-28(19)16(14)8-9-18(22)29;1-14-5-3-6-16(25-14)21-20(18-7-4-12-27(18)26-21)15-8-9-19-23-13-24-28(19)17(15)10-11-22-2;1-8-4-2-5-9(14-8)12-11(13(17)18)10-6-3-7-16(10)15-12;1-11-5-4-8-7(10)2-3-9-12-6-13-14(8)9;8-5-1-2-7-9-4-10-11(7)6(5)3-12;7-5-1-2-6-8-4-9-10(6)3-5;1-3-8-9(2,7)5-4-6;/h2,4-5,7-10,12H,3,6,11H2,1H3,(H2,22,29);3,5-6,8-11,13H,4,7,12H2,1H3;2,4-5,17-18H,3,6-7H2,1H3;2-6H;1-4H;1-4H;3,5H2,1-2H3;1H/b9-8+;11-10+;;5-4+;;;;. The zero-order chi connectivity index (χ0) is 84.6. The molecule has 4 N–H and O–H groups in total. The minimum absolute atomic E-state index is 0. The third-order valence-electron chi connectivity index (χ3n) is 18.7. The van der Waals surface area contributed by atoms with Crippen LogP contribution < -0.4 is 11.2 Å². The maximum absolute atomic E-state index is 11.4. The van der Waals surface area contributed by atoms with Gasteiger partial charge in [0, 0.05) is 111 Å². The molecule has 610 valence electrons. The van der Waals surface area contributed by atoms with Gasteiger partial charge in [-0.15, -0.1) is 24.0 Å². The van der Waals surface area contributed by atoms with Crippen molar-refractivity contribution in [3.05, 3.63) is 262 Å². The molecule has 0 bridgehead atoms. The minimum Gasteiger partial charge on any atom is -0.423 e. The second-order valence-electron chi connectivity index (χ2n) is 26.8. The van der Waals surface area contributed by atoms with Gasteiger partial charge in [0.1, 0.15) is 60.6 Å². The van der Waals surface area contributed by atoms with Gasteiger partial charge in [-0.05, 0) is 249 Å². The van der Waals surface area contributed by atoms with E-state index < -0.39 is 20.4 Å². The number of fused-ring (bicyclic) bond motifs is 8. The van der Waals surface area contributed by atoms with E-state index in [1.54, 1.807) is 55.6 Å². The zero-order valence-corrected chi connectivity index (χ0v) is 75.2. The van der Waals surface area contributed by atoms with Crippen molar-refractivity contribution >= 4 is 170 Å². The molecule has 0 spiro atoms. The van der Waals surface area contributed by atoms with Crippen LogP contribution in [0.1, 0.15) is 87.9 Å². The number of rotatable bonds is 14. The van der Waals surface area contributed by atoms with Crippen molar-refractivity contribution in [2.24, 2.45) is 5.73 Å². The number of nitrogens with zero attached hydrogens (tertiary/aromatic N) is 27. The number of halogens is 4. The number of carbonyl (C=O) groups excluding carboxylic acids is 2. The lowest BCUT2D eigenvalue weighted by Crippen LogP contribution is -2.33. The molecule has 1 atom stereocenters. The van der Waals surface area contributed by atoms with Crippen LogP contribution in [0.4, 0.5) is 0 Å². The summed E-state index contributed by atoms with van der Waals surface area (Å²) in [7, 11) is -4.05. The van der Waals surface area contributed by atoms with Crippen LogP contribution >= 0.6 is 99.1 Å². The second-order valence-corrected chi connectivity index (χ2v) is 33.0. The number of nitrogens with two attached hydrogens (primary N) is 1. The van der Waals surface area contributed by atoms with E-state index in [9.17, 15) is 24.2 Å². The molecule has 0 saturated carbocycles. The summed E-state index contributed by atoms with van der Waals surface area (Å²) in [6.07, 6.45) is 25.5. The van der Waals surface area contributed by atoms with E-state index in [0.29, 0.717) is 40.4 Å². The summed E-state index contributed by atoms with van der Waals surface area (Å²) in [6, 6.07) is 38.7. The summed E-state index contributed by atoms with van der Waals surface area (Å²) in [5.74, 6) is -0.520. The number of aromatic nitrogens is 24. The molecule has 0 fully saturated rings. The van der Waals surface area contributed by atoms with Gasteiger partial charge >= 0.3 is 7.12 Å². The van der Waals surface area contributed by atoms with E-state index in [4.69, 9.17) is 48.8 Å². The first-order valence-corrected chi connectivity index (χ1v) is 42.8. The number of nitriles is 1. The Morgan fingerprint density at radius 3 is 1.43 bits per heavy atom. The molecule has 34 nitrogen and oxygen atoms in total. The Bertz CT molecular complexity index is 6760. The quantitative estimate of drug-likeness (QED) is 0.0227. The van der Waals surface area contributed by atoms with Crippen molar-refractivity contribution in [2.45, 2.75) is 85.9 Å². The van der Waals surface area contributed by atoms with E-state index in [2.05, 4.69) is 147 Å². The Hall–Kier alpha value is -11.9. The van der Waals surface area contributed by atoms with Crippen LogP contribution in [-0.2, 0) is 52.8 Å². The van der Waals surface area contributed by atoms with Crippen LogP contribution in [0.5, 0.6) is 0 Å². The van der Waals surface area contributed by atoms with Gasteiger partial charge in [-0.2, -0.15) is 46.1 Å². The largest absolute Gasteiger partial charge is 0.492 e. The summed E-state index contributed by atoms with van der Waals surface area (Å²) < 4.78 is 33.3. The smallest absolute Gasteiger partial charge is 0.423 e. The fourth-order valence-corrected chi connectivity index (χ4v) is 16.1. The third kappa shape index (κ3) is 20.8. The highest BCUT2D eigenvalue weighted by molar-refractivity contribution is 14.1. The third-order valence-corrected chi connectivity index (χ3v) is 22.7. The fraction of sp³-hybridized carbons (Fsp3) is 0.198. The average molecular weight is 2090 g/mol. The predicted molar refractivity (Wildman–Crippen MR) is 492 cm³/mol. The van der Waals surface area contributed by atoms with Crippen molar-refractivity contribution < 1.29 is 28.7 Å². The molecule has 19 heterocycles. The molecule has 0 aromatic carbocycles. The molecule has 3 aliphatic heterocycles. The first-order chi connectivity index (χ1) is 58.2. The molecule has 1 unspecified atom stereocenters. The van der Waals surface area contributed by atoms with E-state index in [1.807, 2.05) is 147 Å². The number of primary amides is 1. The van der Waals surface area contributed by atoms with E-state index in [0.717, 1.165) is 183 Å². The Morgan fingerprint density at radius 1 is 0.570 bits per heavy atom. The first-order valence-electron chi connectivity index (χ1n) is 37.3. The Balaban J connectivity index is 0.000000135. The number of aldehydes is 1. The molecular formula is C81H74BI4N28O6P. The van der Waals surface area contributed by atoms with Gasteiger partial charge in [-0.25, -0.2) is 57.2 Å². The SMILES string of the molecule is CCOP(C)(=O)CC#N.Cc1cccc(-c2nn3c(c2-c2ccc4ncnn4c2/C=C/C(N)=O)CCC3)n1.Cc1cccc(-c2nn3c(c2B(O)O)CCC3)n1.I.Ic1ccc2ncnn2c1.O=Cc1c(I)ccc2ncnn12.[C-]#[N+]/C=C/c1c(-c2c(-c3cccc(C)n3)nn3c2CCC3)ccc2ncnn12.[C-]#[N+]/C=C/c1c(I)ccc2ncnn12. The molecule has 40 heteroatoms. The van der Waals surface area contributed by atoms with E-state index in [1.165, 1.54) is 60.7 Å². The molecule has 19 rings (SSSR count). The van der Waals surface area contributed by atoms with Crippen LogP contribution in [0.25, 0.3) is 113 Å². The monoisotopic (exact) mass is 2080 g/mol. The summed E-state index contributed by atoms with van der Waals surface area (Å²) in [4.78, 5) is 63.0. The van der Waals surface area contributed by atoms with Crippen LogP contribution in [0.15, 0.2) is 172 Å². The van der Waals surface area contributed by atoms with Gasteiger partial charge in [0.2, 0.25) is 13.3 Å². The summed E-state index contributed by atoms with van der Waals surface area (Å²) in [5, 5.41) is 62.2. The van der Waals surface area contributed by atoms with Crippen molar-refractivity contribution in [1.82, 2.24) is 117 Å². The molecule has 0 saturated heterocycles. The van der Waals surface area contributed by atoms with E-state index >= 15 is 0 Å². The van der Waals surface area contributed by atoms with Gasteiger partial charge < -0.3 is 20.3 Å². The highest BCUT2D eigenvalue weighted by Crippen LogP contribution is 2.43. The highest BCUT2D eigenvalue weighted by Gasteiger charge is 2.32. The molecule has 0 aliphatic carbocycles. The molecule has 16 aromatic rings. The second kappa shape index (κ2) is 40.9. The minimum atomic E-state index is -2.55.